The van der Waals surface area contributed by atoms with Crippen molar-refractivity contribution >= 4 is 18.0 Å². The smallest absolute Gasteiger partial charge is 0.331 e. The first-order valence-corrected chi connectivity index (χ1v) is 14.8. The molecule has 4 aliphatic carbocycles. The summed E-state index contributed by atoms with van der Waals surface area (Å²) in [5.41, 5.74) is -10.0. The van der Waals surface area contributed by atoms with Gasteiger partial charge in [0.05, 0.1) is 23.2 Å². The van der Waals surface area contributed by atoms with Gasteiger partial charge in [-0.15, -0.1) is 0 Å². The fraction of sp³-hybridized carbons (Fsp3) is 0.688. The van der Waals surface area contributed by atoms with Gasteiger partial charge in [0.2, 0.25) is 0 Å². The van der Waals surface area contributed by atoms with E-state index in [1.807, 2.05) is 30.3 Å². The van der Waals surface area contributed by atoms with Crippen LogP contribution in [0.25, 0.3) is 6.08 Å². The average Bonchev–Trinajstić information content (AvgIpc) is 3.15. The molecule has 232 valence electrons. The molecule has 0 heterocycles. The minimum Gasteiger partial charge on any atom is -0.460 e. The third-order valence-corrected chi connectivity index (χ3v) is 11.9. The van der Waals surface area contributed by atoms with Gasteiger partial charge in [0, 0.05) is 37.2 Å². The Bertz CT molecular complexity index is 1250. The molecule has 1 aromatic carbocycles. The Kier molecular flexibility index (Phi) is 7.48. The molecule has 0 aromatic heterocycles. The Balaban J connectivity index is 1.62. The first kappa shape index (κ1) is 31.1. The van der Waals surface area contributed by atoms with Gasteiger partial charge in [-0.05, 0) is 50.7 Å². The molecule has 0 spiro atoms. The van der Waals surface area contributed by atoms with Crippen molar-refractivity contribution in [2.24, 2.45) is 16.7 Å². The molecule has 10 nitrogen and oxygen atoms in total. The molecule has 10 heteroatoms. The number of benzene rings is 1. The van der Waals surface area contributed by atoms with E-state index in [1.165, 1.54) is 26.8 Å². The lowest BCUT2D eigenvalue weighted by Gasteiger charge is -2.71. The molecule has 1 aromatic rings. The Morgan fingerprint density at radius 1 is 0.976 bits per heavy atom. The standard InChI is InChI=1S/C32H44O10/c1-19(41-20(2)33)29(37)14-15-32(40)28(29,4)25(42-26(36)11-10-21-8-6-5-7-9-21)16-23-27(3)13-12-22(34)17-31(27,39)24(35)18-30(23,32)38/h5-11,19,22-25,34-35,37-40H,12-18H2,1-4H3/t19-,22-,23+,24+,25+,27+,28+,29+,30-,31-,32+/m0/s1. The first-order valence-electron chi connectivity index (χ1n) is 14.8. The summed E-state index contributed by atoms with van der Waals surface area (Å²) < 4.78 is 11.5. The van der Waals surface area contributed by atoms with Gasteiger partial charge >= 0.3 is 11.9 Å². The molecule has 0 amide bonds. The highest BCUT2D eigenvalue weighted by molar-refractivity contribution is 5.87. The zero-order valence-corrected chi connectivity index (χ0v) is 24.7. The second-order valence-electron chi connectivity index (χ2n) is 13.6. The van der Waals surface area contributed by atoms with Crippen molar-refractivity contribution in [1.82, 2.24) is 0 Å². The SMILES string of the molecule is CC(=O)O[C@@H](C)[C@]1(O)CC[C@@]2(O)[C@]1(C)[C@H](OC(=O)C=Cc1ccccc1)C[C@@H]1[C@@]3(C)CC[C@H](O)C[C@]3(O)[C@H](O)C[C@]12O. The summed E-state index contributed by atoms with van der Waals surface area (Å²) >= 11 is 0. The number of hydrogen-bond acceptors (Lipinski definition) is 10. The summed E-state index contributed by atoms with van der Waals surface area (Å²) in [4.78, 5) is 25.2. The quantitative estimate of drug-likeness (QED) is 0.219. The van der Waals surface area contributed by atoms with E-state index in [-0.39, 0.29) is 32.1 Å². The molecule has 4 saturated carbocycles. The minimum atomic E-state index is -2.12. The third-order valence-electron chi connectivity index (χ3n) is 11.9. The van der Waals surface area contributed by atoms with Crippen LogP contribution in [0.15, 0.2) is 36.4 Å². The van der Waals surface area contributed by atoms with Crippen LogP contribution in [0.3, 0.4) is 0 Å². The average molecular weight is 589 g/mol. The van der Waals surface area contributed by atoms with E-state index in [4.69, 9.17) is 9.47 Å². The van der Waals surface area contributed by atoms with Gasteiger partial charge in [0.25, 0.3) is 0 Å². The minimum absolute atomic E-state index is 0.0586. The Hall–Kier alpha value is -2.34. The van der Waals surface area contributed by atoms with Crippen LogP contribution in [-0.4, -0.2) is 89.4 Å². The van der Waals surface area contributed by atoms with Crippen LogP contribution in [0.2, 0.25) is 0 Å². The number of carbonyl (C=O) groups is 2. The second kappa shape index (κ2) is 10.1. The lowest BCUT2D eigenvalue weighted by atomic mass is 9.38. The van der Waals surface area contributed by atoms with Crippen LogP contribution in [0.4, 0.5) is 0 Å². The zero-order chi connectivity index (χ0) is 30.9. The van der Waals surface area contributed by atoms with Crippen LogP contribution >= 0.6 is 0 Å². The van der Waals surface area contributed by atoms with Gasteiger partial charge in [-0.3, -0.25) is 4.79 Å². The topological polar surface area (TPSA) is 174 Å². The van der Waals surface area contributed by atoms with Crippen molar-refractivity contribution in [2.45, 2.75) is 119 Å². The summed E-state index contributed by atoms with van der Waals surface area (Å²) in [6.45, 7) is 5.98. The van der Waals surface area contributed by atoms with E-state index in [0.29, 0.717) is 6.42 Å². The van der Waals surface area contributed by atoms with E-state index in [9.17, 15) is 40.2 Å². The van der Waals surface area contributed by atoms with Gasteiger partial charge < -0.3 is 40.1 Å². The summed E-state index contributed by atoms with van der Waals surface area (Å²) in [6, 6.07) is 9.12. The molecule has 11 atom stereocenters. The van der Waals surface area contributed by atoms with Crippen molar-refractivity contribution in [2.75, 3.05) is 0 Å². The number of hydrogen-bond donors (Lipinski definition) is 6. The van der Waals surface area contributed by atoms with Gasteiger partial charge in [0.1, 0.15) is 29.0 Å². The Morgan fingerprint density at radius 3 is 2.29 bits per heavy atom. The fourth-order valence-electron chi connectivity index (χ4n) is 9.37. The molecule has 0 unspecified atom stereocenters. The number of ether oxygens (including phenoxy) is 2. The molecule has 42 heavy (non-hydrogen) atoms. The lowest BCUT2D eigenvalue weighted by Crippen LogP contribution is -2.83. The number of carbonyl (C=O) groups excluding carboxylic acids is 2. The van der Waals surface area contributed by atoms with Crippen LogP contribution in [0, 0.1) is 16.7 Å². The highest BCUT2D eigenvalue weighted by atomic mass is 16.6. The van der Waals surface area contributed by atoms with E-state index in [0.717, 1.165) is 5.56 Å². The summed E-state index contributed by atoms with van der Waals surface area (Å²) in [6.07, 6.45) is -2.09. The number of aliphatic hydroxyl groups excluding tert-OH is 2. The van der Waals surface area contributed by atoms with Gasteiger partial charge in [-0.25, -0.2) is 4.79 Å². The summed E-state index contributed by atoms with van der Waals surface area (Å²) in [5.74, 6) is -2.26. The van der Waals surface area contributed by atoms with Gasteiger partial charge in [-0.2, -0.15) is 0 Å². The van der Waals surface area contributed by atoms with E-state index in [1.54, 1.807) is 13.0 Å². The van der Waals surface area contributed by atoms with Gasteiger partial charge in [-0.1, -0.05) is 44.2 Å². The van der Waals surface area contributed by atoms with Crippen molar-refractivity contribution < 1.29 is 49.7 Å². The molecule has 5 rings (SSSR count). The molecule has 0 aliphatic heterocycles. The van der Waals surface area contributed by atoms with Crippen LogP contribution in [0.5, 0.6) is 0 Å². The molecule has 4 fully saturated rings. The molecule has 4 aliphatic rings. The van der Waals surface area contributed by atoms with E-state index in [2.05, 4.69) is 0 Å². The Labute approximate surface area is 246 Å². The summed E-state index contributed by atoms with van der Waals surface area (Å²) in [5, 5.41) is 71.2. The van der Waals surface area contributed by atoms with Crippen LogP contribution in [-0.2, 0) is 19.1 Å². The molecule has 6 N–H and O–H groups in total. The number of esters is 2. The zero-order valence-electron chi connectivity index (χ0n) is 24.7. The molecule has 0 bridgehead atoms. The number of rotatable bonds is 5. The molecular weight excluding hydrogens is 544 g/mol. The fourth-order valence-corrected chi connectivity index (χ4v) is 9.37. The third kappa shape index (κ3) is 4.06. The van der Waals surface area contributed by atoms with Crippen molar-refractivity contribution in [3.8, 4) is 0 Å². The molecule has 0 radical (unpaired) electrons. The molecule has 0 saturated heterocycles. The van der Waals surface area contributed by atoms with Crippen molar-refractivity contribution in [1.29, 1.82) is 0 Å². The van der Waals surface area contributed by atoms with Crippen molar-refractivity contribution in [3.05, 3.63) is 42.0 Å². The predicted octanol–water partition coefficient (Wildman–Crippen LogP) is 1.62. The normalized spacial score (nSPS) is 47.2. The second-order valence-corrected chi connectivity index (χ2v) is 13.6. The van der Waals surface area contributed by atoms with Gasteiger partial charge in [0.15, 0.2) is 0 Å². The monoisotopic (exact) mass is 588 g/mol. The highest BCUT2D eigenvalue weighted by Crippen LogP contribution is 2.72. The number of fused-ring (bicyclic) bond motifs is 5. The predicted molar refractivity (Wildman–Crippen MR) is 150 cm³/mol. The van der Waals surface area contributed by atoms with Crippen molar-refractivity contribution in [3.63, 3.8) is 0 Å². The molecular formula is C32H44O10. The maximum absolute atomic E-state index is 13.3. The van der Waals surface area contributed by atoms with Crippen LogP contribution in [0.1, 0.15) is 78.2 Å². The Morgan fingerprint density at radius 2 is 1.64 bits per heavy atom. The summed E-state index contributed by atoms with van der Waals surface area (Å²) in [7, 11) is 0. The lowest BCUT2D eigenvalue weighted by molar-refractivity contribution is -0.372. The van der Waals surface area contributed by atoms with E-state index < -0.39 is 81.9 Å². The maximum Gasteiger partial charge on any atom is 0.331 e. The van der Waals surface area contributed by atoms with E-state index >= 15 is 0 Å². The highest BCUT2D eigenvalue weighted by Gasteiger charge is 2.84. The largest absolute Gasteiger partial charge is 0.460 e. The number of aliphatic hydroxyl groups is 6. The van der Waals surface area contributed by atoms with Crippen LogP contribution < -0.4 is 0 Å². The first-order chi connectivity index (χ1) is 19.5. The maximum atomic E-state index is 13.3.